The molecule has 2 aromatic rings. The minimum absolute atomic E-state index is 0.104. The number of halogens is 4. The molecule has 37 heavy (non-hydrogen) atoms. The summed E-state index contributed by atoms with van der Waals surface area (Å²) in [4.78, 5) is 0. The molecule has 2 aromatic carbocycles. The fourth-order valence-corrected chi connectivity index (χ4v) is 6.03. The van der Waals surface area contributed by atoms with Gasteiger partial charge in [0.25, 0.3) is 0 Å². The van der Waals surface area contributed by atoms with Crippen LogP contribution in [0.1, 0.15) is 82.8 Å². The van der Waals surface area contributed by atoms with Crippen LogP contribution in [0.2, 0.25) is 0 Å². The van der Waals surface area contributed by atoms with Crippen LogP contribution in [0.4, 0.5) is 17.6 Å². The van der Waals surface area contributed by atoms with E-state index in [-0.39, 0.29) is 35.0 Å². The van der Waals surface area contributed by atoms with Crippen molar-refractivity contribution < 1.29 is 22.3 Å². The number of ether oxygens (including phenoxy) is 1. The number of hydrogen-bond acceptors (Lipinski definition) is 1. The van der Waals surface area contributed by atoms with E-state index in [4.69, 9.17) is 4.74 Å². The summed E-state index contributed by atoms with van der Waals surface area (Å²) < 4.78 is 65.7. The third-order valence-corrected chi connectivity index (χ3v) is 8.42. The van der Waals surface area contributed by atoms with Gasteiger partial charge in [-0.25, -0.2) is 17.6 Å². The van der Waals surface area contributed by atoms with Gasteiger partial charge < -0.3 is 4.74 Å². The Bertz CT molecular complexity index is 1180. The van der Waals surface area contributed by atoms with Crippen LogP contribution < -0.4 is 0 Å². The molecule has 3 aliphatic rings. The van der Waals surface area contributed by atoms with Crippen LogP contribution in [0.3, 0.4) is 0 Å². The Labute approximate surface area is 217 Å². The average Bonchev–Trinajstić information content (AvgIpc) is 3.75. The molecular formula is C32H36F4O. The third kappa shape index (κ3) is 5.51. The zero-order valence-electron chi connectivity index (χ0n) is 21.8. The maximum absolute atomic E-state index is 15.4. The molecule has 0 N–H and O–H groups in total. The largest absolute Gasteiger partial charge is 0.490 e. The quantitative estimate of drug-likeness (QED) is 0.265. The molecule has 2 saturated carbocycles. The van der Waals surface area contributed by atoms with E-state index < -0.39 is 23.3 Å². The van der Waals surface area contributed by atoms with Crippen molar-refractivity contribution >= 4 is 5.76 Å². The standard InChI is InChI=1S/C32H36F4O/c1-3-4-20-6-8-21(9-7-20)26-17-18-27(31(36)30(26)35)32(23-10-11-23)37-24-14-12-22(13-15-24)25-16-5-19(2)28(33)29(25)34/h6-9,17-19,22,24-25H,3-5,10-16H2,1-2H3. The van der Waals surface area contributed by atoms with Crippen LogP contribution in [0.15, 0.2) is 53.6 Å². The van der Waals surface area contributed by atoms with Crippen LogP contribution in [0.5, 0.6) is 0 Å². The van der Waals surface area contributed by atoms with Gasteiger partial charge in [0, 0.05) is 17.4 Å². The average molecular weight is 513 g/mol. The van der Waals surface area contributed by atoms with E-state index in [1.165, 1.54) is 5.56 Å². The number of rotatable bonds is 7. The third-order valence-electron chi connectivity index (χ3n) is 8.42. The van der Waals surface area contributed by atoms with Crippen LogP contribution in [0.25, 0.3) is 16.9 Å². The van der Waals surface area contributed by atoms with Crippen LogP contribution in [-0.2, 0) is 11.2 Å². The van der Waals surface area contributed by atoms with E-state index in [1.54, 1.807) is 19.1 Å². The Hall–Kier alpha value is -2.56. The van der Waals surface area contributed by atoms with E-state index in [0.717, 1.165) is 44.1 Å². The van der Waals surface area contributed by atoms with Gasteiger partial charge in [0.15, 0.2) is 11.6 Å². The van der Waals surface area contributed by atoms with Crippen molar-refractivity contribution in [1.82, 2.24) is 0 Å². The first-order valence-electron chi connectivity index (χ1n) is 13.9. The van der Waals surface area contributed by atoms with Crippen molar-refractivity contribution in [3.63, 3.8) is 0 Å². The zero-order valence-corrected chi connectivity index (χ0v) is 21.8. The fourth-order valence-electron chi connectivity index (χ4n) is 6.03. The maximum atomic E-state index is 15.4. The summed E-state index contributed by atoms with van der Waals surface area (Å²) in [6.45, 7) is 3.84. The molecule has 0 heterocycles. The first kappa shape index (κ1) is 26.1. The molecule has 5 rings (SSSR count). The first-order chi connectivity index (χ1) is 17.9. The molecule has 0 aromatic heterocycles. The summed E-state index contributed by atoms with van der Waals surface area (Å²) in [5, 5.41) is 0. The van der Waals surface area contributed by atoms with E-state index >= 15 is 8.78 Å². The van der Waals surface area contributed by atoms with Crippen molar-refractivity contribution in [2.75, 3.05) is 0 Å². The van der Waals surface area contributed by atoms with Crippen LogP contribution in [0, 0.1) is 29.4 Å². The molecule has 198 valence electrons. The van der Waals surface area contributed by atoms with E-state index in [2.05, 4.69) is 6.92 Å². The SMILES string of the molecule is CCCc1ccc(-c2ccc(C(OC3CCC(C4CCC(C)C(F)=C4F)CC3)=C3CC3)c(F)c2F)cc1. The minimum Gasteiger partial charge on any atom is -0.490 e. The molecule has 1 nitrogen and oxygen atoms in total. The topological polar surface area (TPSA) is 9.23 Å². The fraction of sp³-hybridized carbons (Fsp3) is 0.500. The van der Waals surface area contributed by atoms with Crippen molar-refractivity contribution in [3.05, 3.63) is 76.4 Å². The van der Waals surface area contributed by atoms with Crippen LogP contribution >= 0.6 is 0 Å². The lowest BCUT2D eigenvalue weighted by Gasteiger charge is -2.36. The lowest BCUT2D eigenvalue weighted by molar-refractivity contribution is 0.0827. The maximum Gasteiger partial charge on any atom is 0.170 e. The molecule has 2 fully saturated rings. The van der Waals surface area contributed by atoms with Crippen molar-refractivity contribution in [3.8, 4) is 11.1 Å². The van der Waals surface area contributed by atoms with Crippen molar-refractivity contribution in [2.24, 2.45) is 17.8 Å². The Morgan fingerprint density at radius 2 is 1.51 bits per heavy atom. The summed E-state index contributed by atoms with van der Waals surface area (Å²) in [6, 6.07) is 10.9. The molecule has 5 heteroatoms. The Balaban J connectivity index is 1.29. The summed E-state index contributed by atoms with van der Waals surface area (Å²) in [6.07, 6.45) is 7.76. The van der Waals surface area contributed by atoms with Gasteiger partial charge in [0.1, 0.15) is 17.4 Å². The lowest BCUT2D eigenvalue weighted by Crippen LogP contribution is -2.28. The Morgan fingerprint density at radius 3 is 2.16 bits per heavy atom. The van der Waals surface area contributed by atoms with E-state index in [9.17, 15) is 8.78 Å². The number of benzene rings is 2. The molecule has 2 atom stereocenters. The Kier molecular flexibility index (Phi) is 7.78. The van der Waals surface area contributed by atoms with E-state index in [0.29, 0.717) is 37.0 Å². The van der Waals surface area contributed by atoms with Crippen molar-refractivity contribution in [1.29, 1.82) is 0 Å². The van der Waals surface area contributed by atoms with Crippen LogP contribution in [-0.4, -0.2) is 6.10 Å². The van der Waals surface area contributed by atoms with Gasteiger partial charge in [-0.3, -0.25) is 0 Å². The molecule has 0 saturated heterocycles. The van der Waals surface area contributed by atoms with Gasteiger partial charge in [-0.05, 0) is 86.5 Å². The number of allylic oxidation sites excluding steroid dienone is 3. The predicted molar refractivity (Wildman–Crippen MR) is 140 cm³/mol. The predicted octanol–water partition coefficient (Wildman–Crippen LogP) is 9.86. The summed E-state index contributed by atoms with van der Waals surface area (Å²) in [7, 11) is 0. The normalized spacial score (nSPS) is 25.8. The lowest BCUT2D eigenvalue weighted by atomic mass is 9.73. The molecule has 0 aliphatic heterocycles. The van der Waals surface area contributed by atoms with Gasteiger partial charge in [0.2, 0.25) is 0 Å². The van der Waals surface area contributed by atoms with Gasteiger partial charge in [-0.1, -0.05) is 50.6 Å². The summed E-state index contributed by atoms with van der Waals surface area (Å²) in [5.74, 6) is -2.96. The highest BCUT2D eigenvalue weighted by molar-refractivity contribution is 5.72. The molecular weight excluding hydrogens is 476 g/mol. The summed E-state index contributed by atoms with van der Waals surface area (Å²) >= 11 is 0. The van der Waals surface area contributed by atoms with Gasteiger partial charge in [-0.15, -0.1) is 0 Å². The molecule has 0 amide bonds. The minimum atomic E-state index is -0.878. The highest BCUT2D eigenvalue weighted by Gasteiger charge is 2.37. The molecule has 0 spiro atoms. The second-order valence-electron chi connectivity index (χ2n) is 11.1. The number of hydrogen-bond donors (Lipinski definition) is 0. The monoisotopic (exact) mass is 512 g/mol. The molecule has 0 bridgehead atoms. The second kappa shape index (κ2) is 11.0. The summed E-state index contributed by atoms with van der Waals surface area (Å²) in [5.41, 5.74) is 3.26. The molecule has 2 unspecified atom stereocenters. The highest BCUT2D eigenvalue weighted by atomic mass is 19.2. The van der Waals surface area contributed by atoms with E-state index in [1.807, 2.05) is 24.3 Å². The Morgan fingerprint density at radius 1 is 0.811 bits per heavy atom. The van der Waals surface area contributed by atoms with Gasteiger partial charge >= 0.3 is 0 Å². The van der Waals surface area contributed by atoms with Gasteiger partial charge in [-0.2, -0.15) is 0 Å². The van der Waals surface area contributed by atoms with Gasteiger partial charge in [0.05, 0.1) is 11.7 Å². The first-order valence-corrected chi connectivity index (χ1v) is 13.9. The highest BCUT2D eigenvalue weighted by Crippen LogP contribution is 2.46. The molecule has 0 radical (unpaired) electrons. The number of aryl methyl sites for hydroxylation is 1. The van der Waals surface area contributed by atoms with Crippen molar-refractivity contribution in [2.45, 2.75) is 84.2 Å². The molecule has 3 aliphatic carbocycles. The second-order valence-corrected chi connectivity index (χ2v) is 11.1. The zero-order chi connectivity index (χ0) is 26.1. The smallest absolute Gasteiger partial charge is 0.170 e.